The molecule has 0 aromatic heterocycles. The average molecular weight is 252 g/mol. The van der Waals surface area contributed by atoms with Crippen molar-refractivity contribution in [1.82, 2.24) is 0 Å². The molecule has 0 saturated carbocycles. The van der Waals surface area contributed by atoms with Crippen molar-refractivity contribution in [2.24, 2.45) is 0 Å². The molecule has 1 saturated heterocycles. The molecule has 1 heterocycles. The van der Waals surface area contributed by atoms with E-state index < -0.39 is 18.0 Å². The summed E-state index contributed by atoms with van der Waals surface area (Å²) in [6, 6.07) is 4.18. The Kier molecular flexibility index (Phi) is 3.36. The van der Waals surface area contributed by atoms with E-state index >= 15 is 0 Å². The standard InChI is InChI=1S/C12H12O6/c1-16-7-2-3-8(9(13)6-7)11(14)18-10-4-5-17-12(10)15/h2-3,6,10,13H,4-5H2,1H3/t10-/m0/s1. The van der Waals surface area contributed by atoms with Gasteiger partial charge in [0, 0.05) is 12.5 Å². The maximum atomic E-state index is 11.7. The van der Waals surface area contributed by atoms with Crippen molar-refractivity contribution >= 4 is 11.9 Å². The highest BCUT2D eigenvalue weighted by atomic mass is 16.6. The summed E-state index contributed by atoms with van der Waals surface area (Å²) in [5, 5.41) is 9.64. The summed E-state index contributed by atoms with van der Waals surface area (Å²) in [5.41, 5.74) is -0.0181. The van der Waals surface area contributed by atoms with E-state index in [9.17, 15) is 14.7 Å². The minimum absolute atomic E-state index is 0.0181. The van der Waals surface area contributed by atoms with E-state index in [2.05, 4.69) is 4.74 Å². The molecule has 0 unspecified atom stereocenters. The lowest BCUT2D eigenvalue weighted by Gasteiger charge is -2.10. The normalized spacial score (nSPS) is 18.3. The molecule has 6 heteroatoms. The molecule has 1 aromatic rings. The topological polar surface area (TPSA) is 82.1 Å². The van der Waals surface area contributed by atoms with Crippen LogP contribution in [0.1, 0.15) is 16.8 Å². The first-order chi connectivity index (χ1) is 8.61. The first kappa shape index (κ1) is 12.2. The monoisotopic (exact) mass is 252 g/mol. The number of ether oxygens (including phenoxy) is 3. The zero-order valence-electron chi connectivity index (χ0n) is 9.71. The van der Waals surface area contributed by atoms with Crippen LogP contribution in [0.15, 0.2) is 18.2 Å². The fourth-order valence-corrected chi connectivity index (χ4v) is 1.59. The Labute approximate surface area is 103 Å². The molecule has 1 atom stereocenters. The molecule has 18 heavy (non-hydrogen) atoms. The second-order valence-electron chi connectivity index (χ2n) is 3.73. The van der Waals surface area contributed by atoms with Gasteiger partial charge >= 0.3 is 11.9 Å². The van der Waals surface area contributed by atoms with E-state index in [1.807, 2.05) is 0 Å². The molecule has 1 fully saturated rings. The van der Waals surface area contributed by atoms with Gasteiger partial charge in [-0.1, -0.05) is 0 Å². The number of cyclic esters (lactones) is 1. The zero-order valence-corrected chi connectivity index (χ0v) is 9.71. The van der Waals surface area contributed by atoms with Crippen LogP contribution in [0.3, 0.4) is 0 Å². The van der Waals surface area contributed by atoms with Gasteiger partial charge in [0.2, 0.25) is 6.10 Å². The fraction of sp³-hybridized carbons (Fsp3) is 0.333. The SMILES string of the molecule is COc1ccc(C(=O)O[C@H]2CCOC2=O)c(O)c1. The van der Waals surface area contributed by atoms with Gasteiger partial charge in [-0.3, -0.25) is 0 Å². The van der Waals surface area contributed by atoms with Crippen LogP contribution >= 0.6 is 0 Å². The van der Waals surface area contributed by atoms with Crippen molar-refractivity contribution in [3.8, 4) is 11.5 Å². The quantitative estimate of drug-likeness (QED) is 0.804. The minimum Gasteiger partial charge on any atom is -0.507 e. The molecule has 0 spiro atoms. The molecular weight excluding hydrogens is 240 g/mol. The summed E-state index contributed by atoms with van der Waals surface area (Å²) >= 11 is 0. The predicted molar refractivity (Wildman–Crippen MR) is 59.4 cm³/mol. The zero-order chi connectivity index (χ0) is 13.1. The molecule has 6 nitrogen and oxygen atoms in total. The Bertz CT molecular complexity index is 481. The number of benzene rings is 1. The van der Waals surface area contributed by atoms with E-state index in [0.29, 0.717) is 12.2 Å². The third-order valence-corrected chi connectivity index (χ3v) is 2.56. The number of phenols is 1. The summed E-state index contributed by atoms with van der Waals surface area (Å²) < 4.78 is 14.5. The van der Waals surface area contributed by atoms with Gasteiger partial charge in [-0.25, -0.2) is 9.59 Å². The summed E-state index contributed by atoms with van der Waals surface area (Å²) in [6.45, 7) is 0.241. The third-order valence-electron chi connectivity index (χ3n) is 2.56. The van der Waals surface area contributed by atoms with Crippen molar-refractivity contribution in [3.05, 3.63) is 23.8 Å². The second-order valence-corrected chi connectivity index (χ2v) is 3.73. The highest BCUT2D eigenvalue weighted by Gasteiger charge is 2.31. The largest absolute Gasteiger partial charge is 0.507 e. The number of carbonyl (C=O) groups is 2. The molecule has 1 aliphatic rings. The van der Waals surface area contributed by atoms with Gasteiger partial charge in [-0.15, -0.1) is 0 Å². The lowest BCUT2D eigenvalue weighted by atomic mass is 10.2. The van der Waals surface area contributed by atoms with Gasteiger partial charge < -0.3 is 19.3 Å². The van der Waals surface area contributed by atoms with Gasteiger partial charge in [-0.05, 0) is 12.1 Å². The van der Waals surface area contributed by atoms with Gasteiger partial charge in [0.15, 0.2) is 0 Å². The van der Waals surface area contributed by atoms with Crippen molar-refractivity contribution in [2.45, 2.75) is 12.5 Å². The third kappa shape index (κ3) is 2.37. The Balaban J connectivity index is 2.11. The first-order valence-corrected chi connectivity index (χ1v) is 5.36. The van der Waals surface area contributed by atoms with Crippen LogP contribution in [-0.4, -0.2) is 36.9 Å². The maximum Gasteiger partial charge on any atom is 0.347 e. The lowest BCUT2D eigenvalue weighted by molar-refractivity contribution is -0.145. The van der Waals surface area contributed by atoms with Crippen molar-refractivity contribution in [3.63, 3.8) is 0 Å². The Morgan fingerprint density at radius 2 is 2.28 bits per heavy atom. The van der Waals surface area contributed by atoms with E-state index in [4.69, 9.17) is 9.47 Å². The van der Waals surface area contributed by atoms with E-state index in [-0.39, 0.29) is 17.9 Å². The van der Waals surface area contributed by atoms with E-state index in [1.165, 1.54) is 25.3 Å². The Morgan fingerprint density at radius 3 is 2.83 bits per heavy atom. The summed E-state index contributed by atoms with van der Waals surface area (Å²) in [4.78, 5) is 22.9. The fourth-order valence-electron chi connectivity index (χ4n) is 1.59. The van der Waals surface area contributed by atoms with Crippen LogP contribution in [0.2, 0.25) is 0 Å². The molecule has 0 amide bonds. The molecule has 0 bridgehead atoms. The molecule has 2 rings (SSSR count). The number of hydrogen-bond acceptors (Lipinski definition) is 6. The smallest absolute Gasteiger partial charge is 0.347 e. The first-order valence-electron chi connectivity index (χ1n) is 5.36. The van der Waals surface area contributed by atoms with Gasteiger partial charge in [0.1, 0.15) is 17.1 Å². The number of rotatable bonds is 3. The van der Waals surface area contributed by atoms with Gasteiger partial charge in [0.25, 0.3) is 0 Å². The van der Waals surface area contributed by atoms with Crippen LogP contribution < -0.4 is 4.74 Å². The van der Waals surface area contributed by atoms with Crippen molar-refractivity contribution < 1.29 is 28.9 Å². The molecular formula is C12H12O6. The average Bonchev–Trinajstić information content (AvgIpc) is 2.74. The number of carbonyl (C=O) groups excluding carboxylic acids is 2. The summed E-state index contributed by atoms with van der Waals surface area (Å²) in [7, 11) is 1.45. The van der Waals surface area contributed by atoms with Crippen LogP contribution in [0.25, 0.3) is 0 Å². The van der Waals surface area contributed by atoms with Crippen LogP contribution in [-0.2, 0) is 14.3 Å². The lowest BCUT2D eigenvalue weighted by Crippen LogP contribution is -2.22. The number of phenolic OH excluding ortho intramolecular Hbond substituents is 1. The molecule has 0 radical (unpaired) electrons. The molecule has 1 aliphatic heterocycles. The van der Waals surface area contributed by atoms with Crippen molar-refractivity contribution in [1.29, 1.82) is 0 Å². The summed E-state index contributed by atoms with van der Waals surface area (Å²) in [5.74, 6) is -1.16. The molecule has 1 aromatic carbocycles. The highest BCUT2D eigenvalue weighted by molar-refractivity contribution is 5.94. The Morgan fingerprint density at radius 1 is 1.50 bits per heavy atom. The number of methoxy groups -OCH3 is 1. The van der Waals surface area contributed by atoms with Crippen molar-refractivity contribution in [2.75, 3.05) is 13.7 Å². The molecule has 96 valence electrons. The number of aromatic hydroxyl groups is 1. The highest BCUT2D eigenvalue weighted by Crippen LogP contribution is 2.25. The van der Waals surface area contributed by atoms with E-state index in [0.717, 1.165) is 0 Å². The molecule has 1 N–H and O–H groups in total. The summed E-state index contributed by atoms with van der Waals surface area (Å²) in [6.07, 6.45) is -0.555. The van der Waals surface area contributed by atoms with Crippen LogP contribution in [0.4, 0.5) is 0 Å². The van der Waals surface area contributed by atoms with Crippen LogP contribution in [0.5, 0.6) is 11.5 Å². The van der Waals surface area contributed by atoms with Crippen LogP contribution in [0, 0.1) is 0 Å². The van der Waals surface area contributed by atoms with Gasteiger partial charge in [-0.2, -0.15) is 0 Å². The van der Waals surface area contributed by atoms with Gasteiger partial charge in [0.05, 0.1) is 13.7 Å². The second kappa shape index (κ2) is 4.95. The van der Waals surface area contributed by atoms with E-state index in [1.54, 1.807) is 0 Å². The maximum absolute atomic E-state index is 11.7. The molecule has 0 aliphatic carbocycles. The number of esters is 2. The minimum atomic E-state index is -0.890. The predicted octanol–water partition coefficient (Wildman–Crippen LogP) is 0.873. The number of hydrogen-bond donors (Lipinski definition) is 1. The Hall–Kier alpha value is -2.24.